The van der Waals surface area contributed by atoms with Crippen molar-refractivity contribution in [2.45, 2.75) is 26.3 Å². The van der Waals surface area contributed by atoms with Crippen LogP contribution in [0.4, 0.5) is 0 Å². The maximum absolute atomic E-state index is 12.9. The maximum atomic E-state index is 12.9. The molecule has 166 valence electrons. The monoisotopic (exact) mass is 425 g/mol. The van der Waals surface area contributed by atoms with Gasteiger partial charge in [-0.1, -0.05) is 38.1 Å². The Morgan fingerprint density at radius 2 is 1.68 bits per heavy atom. The van der Waals surface area contributed by atoms with Crippen LogP contribution in [0.25, 0.3) is 0 Å². The van der Waals surface area contributed by atoms with Crippen molar-refractivity contribution in [3.8, 4) is 11.5 Å². The van der Waals surface area contributed by atoms with E-state index in [1.165, 1.54) is 18.2 Å². The van der Waals surface area contributed by atoms with Crippen LogP contribution in [0.2, 0.25) is 0 Å². The van der Waals surface area contributed by atoms with Crippen LogP contribution in [-0.4, -0.2) is 61.5 Å². The summed E-state index contributed by atoms with van der Waals surface area (Å²) in [5.41, 5.74) is 8.28. The molecule has 0 aliphatic carbocycles. The van der Waals surface area contributed by atoms with Crippen LogP contribution < -0.4 is 15.2 Å². The molecule has 0 aromatic heterocycles. The Morgan fingerprint density at radius 1 is 1.00 bits per heavy atom. The fourth-order valence-electron chi connectivity index (χ4n) is 3.63. The van der Waals surface area contributed by atoms with Gasteiger partial charge in [0.25, 0.3) is 11.8 Å². The van der Waals surface area contributed by atoms with Gasteiger partial charge >= 0.3 is 0 Å². The van der Waals surface area contributed by atoms with Gasteiger partial charge in [-0.25, -0.2) is 0 Å². The molecule has 1 saturated heterocycles. The molecule has 0 saturated carbocycles. The number of nitrogens with zero attached hydrogens (tertiary/aromatic N) is 2. The molecule has 1 fully saturated rings. The molecule has 7 nitrogen and oxygen atoms in total. The zero-order valence-corrected chi connectivity index (χ0v) is 18.5. The minimum absolute atomic E-state index is 0.0410. The van der Waals surface area contributed by atoms with Crippen molar-refractivity contribution >= 4 is 11.8 Å². The molecule has 31 heavy (non-hydrogen) atoms. The number of benzene rings is 2. The van der Waals surface area contributed by atoms with Crippen LogP contribution in [0.5, 0.6) is 11.5 Å². The quantitative estimate of drug-likeness (QED) is 0.703. The molecule has 2 aromatic carbocycles. The molecule has 1 heterocycles. The number of methoxy groups -OCH3 is 1. The van der Waals surface area contributed by atoms with Crippen LogP contribution in [0.3, 0.4) is 0 Å². The number of nitrogens with two attached hydrogens (primary N) is 1. The fourth-order valence-corrected chi connectivity index (χ4v) is 3.63. The first-order chi connectivity index (χ1) is 14.9. The summed E-state index contributed by atoms with van der Waals surface area (Å²) in [6.07, 6.45) is 0. The number of rotatable bonds is 8. The molecule has 3 rings (SSSR count). The van der Waals surface area contributed by atoms with E-state index in [2.05, 4.69) is 43.0 Å². The summed E-state index contributed by atoms with van der Waals surface area (Å²) >= 11 is 0. The van der Waals surface area contributed by atoms with Gasteiger partial charge in [-0.05, 0) is 35.2 Å². The minimum Gasteiger partial charge on any atom is -0.493 e. The maximum Gasteiger partial charge on any atom is 0.255 e. The Bertz CT molecular complexity index is 904. The average Bonchev–Trinajstić information content (AvgIpc) is 2.78. The second-order valence-electron chi connectivity index (χ2n) is 8.09. The zero-order chi connectivity index (χ0) is 22.4. The van der Waals surface area contributed by atoms with E-state index in [1.54, 1.807) is 18.2 Å². The van der Waals surface area contributed by atoms with E-state index in [-0.39, 0.29) is 12.5 Å². The van der Waals surface area contributed by atoms with E-state index < -0.39 is 5.91 Å². The summed E-state index contributed by atoms with van der Waals surface area (Å²) in [5, 5.41) is 0. The van der Waals surface area contributed by atoms with Gasteiger partial charge in [0.15, 0.2) is 18.1 Å². The van der Waals surface area contributed by atoms with Gasteiger partial charge < -0.3 is 20.1 Å². The van der Waals surface area contributed by atoms with Crippen molar-refractivity contribution in [2.24, 2.45) is 5.73 Å². The highest BCUT2D eigenvalue weighted by Gasteiger charge is 2.23. The molecular weight excluding hydrogens is 394 g/mol. The van der Waals surface area contributed by atoms with Crippen molar-refractivity contribution < 1.29 is 19.1 Å². The summed E-state index contributed by atoms with van der Waals surface area (Å²) in [7, 11) is 1.49. The molecule has 0 bridgehead atoms. The SMILES string of the molecule is COc1cc(C(=O)N2CCN(Cc3ccc(C(C)C)cc3)CC2)ccc1OCC(N)=O. The van der Waals surface area contributed by atoms with Gasteiger partial charge in [-0.15, -0.1) is 0 Å². The van der Waals surface area contributed by atoms with Gasteiger partial charge in [0.2, 0.25) is 0 Å². The van der Waals surface area contributed by atoms with Gasteiger partial charge in [0, 0.05) is 38.3 Å². The lowest BCUT2D eigenvalue weighted by Crippen LogP contribution is -2.48. The normalized spacial score (nSPS) is 14.5. The minimum atomic E-state index is -0.573. The largest absolute Gasteiger partial charge is 0.493 e. The first-order valence-corrected chi connectivity index (χ1v) is 10.6. The Hall–Kier alpha value is -3.06. The third kappa shape index (κ3) is 5.98. The van der Waals surface area contributed by atoms with Gasteiger partial charge in [-0.2, -0.15) is 0 Å². The average molecular weight is 426 g/mol. The molecule has 2 aromatic rings. The molecule has 0 spiro atoms. The summed E-state index contributed by atoms with van der Waals surface area (Å²) in [5.74, 6) is 0.698. The third-order valence-corrected chi connectivity index (χ3v) is 5.49. The number of carbonyl (C=O) groups is 2. The predicted molar refractivity (Wildman–Crippen MR) is 119 cm³/mol. The summed E-state index contributed by atoms with van der Waals surface area (Å²) in [6.45, 7) is 8.04. The molecular formula is C24H31N3O4. The highest BCUT2D eigenvalue weighted by atomic mass is 16.5. The molecule has 1 aliphatic rings. The third-order valence-electron chi connectivity index (χ3n) is 5.49. The number of amides is 2. The van der Waals surface area contributed by atoms with E-state index in [1.807, 2.05) is 4.90 Å². The summed E-state index contributed by atoms with van der Waals surface area (Å²) in [6, 6.07) is 13.7. The van der Waals surface area contributed by atoms with Crippen molar-refractivity contribution in [3.63, 3.8) is 0 Å². The second kappa shape index (κ2) is 10.3. The second-order valence-corrected chi connectivity index (χ2v) is 8.09. The zero-order valence-electron chi connectivity index (χ0n) is 18.5. The van der Waals surface area contributed by atoms with Gasteiger partial charge in [0.05, 0.1) is 7.11 Å². The van der Waals surface area contributed by atoms with E-state index >= 15 is 0 Å². The molecule has 1 aliphatic heterocycles. The number of carbonyl (C=O) groups excluding carboxylic acids is 2. The Morgan fingerprint density at radius 3 is 2.26 bits per heavy atom. The van der Waals surface area contributed by atoms with Crippen LogP contribution in [0.1, 0.15) is 41.3 Å². The lowest BCUT2D eigenvalue weighted by Gasteiger charge is -2.35. The molecule has 2 N–H and O–H groups in total. The topological polar surface area (TPSA) is 85.1 Å². The molecule has 0 radical (unpaired) electrons. The van der Waals surface area contributed by atoms with Gasteiger partial charge in [-0.3, -0.25) is 14.5 Å². The Kier molecular flexibility index (Phi) is 7.52. The van der Waals surface area contributed by atoms with Crippen molar-refractivity contribution in [1.82, 2.24) is 9.80 Å². The molecule has 2 amide bonds. The van der Waals surface area contributed by atoms with E-state index in [4.69, 9.17) is 15.2 Å². The summed E-state index contributed by atoms with van der Waals surface area (Å²) in [4.78, 5) is 28.1. The number of primary amides is 1. The van der Waals surface area contributed by atoms with Crippen molar-refractivity contribution in [1.29, 1.82) is 0 Å². The molecule has 0 unspecified atom stereocenters. The summed E-state index contributed by atoms with van der Waals surface area (Å²) < 4.78 is 10.6. The van der Waals surface area contributed by atoms with Crippen molar-refractivity contribution in [3.05, 3.63) is 59.2 Å². The molecule has 7 heteroatoms. The van der Waals surface area contributed by atoms with Crippen LogP contribution in [0.15, 0.2) is 42.5 Å². The fraction of sp³-hybridized carbons (Fsp3) is 0.417. The van der Waals surface area contributed by atoms with Gasteiger partial charge in [0.1, 0.15) is 0 Å². The highest BCUT2D eigenvalue weighted by molar-refractivity contribution is 5.95. The highest BCUT2D eigenvalue weighted by Crippen LogP contribution is 2.28. The Labute approximate surface area is 183 Å². The van der Waals surface area contributed by atoms with E-state index in [0.717, 1.165) is 19.6 Å². The van der Waals surface area contributed by atoms with Crippen LogP contribution in [-0.2, 0) is 11.3 Å². The van der Waals surface area contributed by atoms with Crippen LogP contribution >= 0.6 is 0 Å². The molecule has 0 atom stereocenters. The lowest BCUT2D eigenvalue weighted by atomic mass is 10.0. The first-order valence-electron chi connectivity index (χ1n) is 10.6. The smallest absolute Gasteiger partial charge is 0.255 e. The Balaban J connectivity index is 1.56. The van der Waals surface area contributed by atoms with E-state index in [9.17, 15) is 9.59 Å². The van der Waals surface area contributed by atoms with Crippen molar-refractivity contribution in [2.75, 3.05) is 39.9 Å². The number of piperazine rings is 1. The first kappa shape index (κ1) is 22.6. The number of hydrogen-bond acceptors (Lipinski definition) is 5. The lowest BCUT2D eigenvalue weighted by molar-refractivity contribution is -0.119. The standard InChI is InChI=1S/C24H31N3O4/c1-17(2)19-6-4-18(5-7-19)15-26-10-12-27(13-11-26)24(29)20-8-9-21(22(14-20)30-3)31-16-23(25)28/h4-9,14,17H,10-13,15-16H2,1-3H3,(H2,25,28). The number of hydrogen-bond donors (Lipinski definition) is 1. The predicted octanol–water partition coefficient (Wildman–Crippen LogP) is 2.64. The van der Waals surface area contributed by atoms with Crippen LogP contribution in [0, 0.1) is 0 Å². The number of ether oxygens (including phenoxy) is 2. The van der Waals surface area contributed by atoms with E-state index in [0.29, 0.717) is 36.1 Å².